The smallest absolute Gasteiger partial charge is 0.181 e. The number of hydrogen-bond donors (Lipinski definition) is 0. The van der Waals surface area contributed by atoms with Gasteiger partial charge in [-0.2, -0.15) is 5.10 Å². The number of hydrogen-bond acceptors (Lipinski definition) is 8. The minimum Gasteiger partial charge on any atom is -0.261 e. The molecule has 1 unspecified atom stereocenters. The van der Waals surface area contributed by atoms with Crippen LogP contribution in [0.1, 0.15) is 53.3 Å². The summed E-state index contributed by atoms with van der Waals surface area (Å²) in [6, 6.07) is 33.3. The molecule has 0 N–H and O–H groups in total. The average Bonchev–Trinajstić information content (AvgIpc) is 3.80. The normalized spacial score (nSPS) is 15.6. The Hall–Kier alpha value is -6.48. The molecule has 6 aromatic heterocycles. The highest BCUT2D eigenvalue weighted by Crippen LogP contribution is 2.33. The van der Waals surface area contributed by atoms with E-state index < -0.39 is 0 Å². The SMILES string of the molecule is C1=C(c2cnc3c(ccn4nc(CCc5ccc6ccccc6n5)nc34)c2)c2ncccc2C2=NC(CCc3ccc4ccccc4n3)=NC2CC1. The fourth-order valence-electron chi connectivity index (χ4n) is 7.42. The van der Waals surface area contributed by atoms with Crippen LogP contribution in [0, 0.1) is 0 Å². The third-order valence-electron chi connectivity index (χ3n) is 10.0. The van der Waals surface area contributed by atoms with E-state index in [9.17, 15) is 0 Å². The van der Waals surface area contributed by atoms with Crippen molar-refractivity contribution in [1.29, 1.82) is 0 Å². The number of pyridine rings is 5. The van der Waals surface area contributed by atoms with Gasteiger partial charge < -0.3 is 0 Å². The van der Waals surface area contributed by atoms with Crippen LogP contribution in [0.15, 0.2) is 132 Å². The molecule has 10 rings (SSSR count). The lowest BCUT2D eigenvalue weighted by Gasteiger charge is -2.19. The van der Waals surface area contributed by atoms with E-state index in [1.807, 2.05) is 59.5 Å². The molecule has 52 heavy (non-hydrogen) atoms. The zero-order valence-corrected chi connectivity index (χ0v) is 28.4. The number of benzene rings is 2. The van der Waals surface area contributed by atoms with Gasteiger partial charge in [-0.15, -0.1) is 0 Å². The Balaban J connectivity index is 0.907. The molecular weight excluding hydrogens is 643 g/mol. The predicted octanol–water partition coefficient (Wildman–Crippen LogP) is 7.98. The molecule has 0 saturated heterocycles. The van der Waals surface area contributed by atoms with Crippen molar-refractivity contribution in [2.24, 2.45) is 9.98 Å². The molecular formula is C43H33N9. The Labute approximate surface area is 299 Å². The first kappa shape index (κ1) is 30.4. The number of allylic oxidation sites excluding steroid dienone is 1. The summed E-state index contributed by atoms with van der Waals surface area (Å²) in [7, 11) is 0. The molecule has 1 atom stereocenters. The zero-order valence-electron chi connectivity index (χ0n) is 28.4. The lowest BCUT2D eigenvalue weighted by atomic mass is 9.89. The number of aryl methyl sites for hydroxylation is 3. The predicted molar refractivity (Wildman–Crippen MR) is 206 cm³/mol. The van der Waals surface area contributed by atoms with Crippen LogP contribution in [-0.2, 0) is 19.3 Å². The highest BCUT2D eigenvalue weighted by Gasteiger charge is 2.29. The Morgan fingerprint density at radius 1 is 0.692 bits per heavy atom. The van der Waals surface area contributed by atoms with Crippen molar-refractivity contribution in [3.63, 3.8) is 0 Å². The van der Waals surface area contributed by atoms with Crippen LogP contribution in [-0.4, -0.2) is 52.1 Å². The third kappa shape index (κ3) is 5.60. The van der Waals surface area contributed by atoms with Crippen LogP contribution in [0.5, 0.6) is 0 Å². The van der Waals surface area contributed by atoms with Gasteiger partial charge in [-0.3, -0.25) is 24.9 Å². The van der Waals surface area contributed by atoms with Crippen molar-refractivity contribution >= 4 is 55.5 Å². The maximum Gasteiger partial charge on any atom is 0.181 e. The van der Waals surface area contributed by atoms with Crippen LogP contribution in [0.25, 0.3) is 43.9 Å². The van der Waals surface area contributed by atoms with E-state index >= 15 is 0 Å². The number of para-hydroxylation sites is 2. The number of rotatable bonds is 7. The Morgan fingerprint density at radius 3 is 2.27 bits per heavy atom. The summed E-state index contributed by atoms with van der Waals surface area (Å²) in [6.45, 7) is 0. The molecule has 1 aliphatic heterocycles. The van der Waals surface area contributed by atoms with Gasteiger partial charge in [-0.25, -0.2) is 14.5 Å². The van der Waals surface area contributed by atoms with Gasteiger partial charge in [0.15, 0.2) is 11.5 Å². The van der Waals surface area contributed by atoms with E-state index in [0.717, 1.165) is 122 Å². The Bertz CT molecular complexity index is 2780. The second-order valence-electron chi connectivity index (χ2n) is 13.4. The molecule has 0 fully saturated rings. The first-order chi connectivity index (χ1) is 25.7. The van der Waals surface area contributed by atoms with E-state index in [1.54, 1.807) is 0 Å². The van der Waals surface area contributed by atoms with Crippen molar-refractivity contribution in [2.45, 2.75) is 44.6 Å². The summed E-state index contributed by atoms with van der Waals surface area (Å²) >= 11 is 0. The van der Waals surface area contributed by atoms with E-state index in [4.69, 9.17) is 40.0 Å². The quantitative estimate of drug-likeness (QED) is 0.170. The maximum atomic E-state index is 5.13. The minimum atomic E-state index is 0.0162. The first-order valence-corrected chi connectivity index (χ1v) is 17.9. The molecule has 8 aromatic rings. The number of aliphatic imine (C=N–C) groups is 2. The van der Waals surface area contributed by atoms with Gasteiger partial charge in [-0.1, -0.05) is 54.6 Å². The summed E-state index contributed by atoms with van der Waals surface area (Å²) in [4.78, 5) is 34.7. The van der Waals surface area contributed by atoms with Gasteiger partial charge in [0.1, 0.15) is 11.4 Å². The van der Waals surface area contributed by atoms with Crippen LogP contribution in [0.2, 0.25) is 0 Å². The second kappa shape index (κ2) is 12.7. The number of amidine groups is 1. The van der Waals surface area contributed by atoms with E-state index in [0.29, 0.717) is 6.42 Å². The van der Waals surface area contributed by atoms with Crippen LogP contribution >= 0.6 is 0 Å². The molecule has 0 radical (unpaired) electrons. The van der Waals surface area contributed by atoms with Gasteiger partial charge in [0.25, 0.3) is 0 Å². The average molecular weight is 676 g/mol. The number of nitrogens with zero attached hydrogens (tertiary/aromatic N) is 9. The molecule has 9 nitrogen and oxygen atoms in total. The van der Waals surface area contributed by atoms with Crippen molar-refractivity contribution in [3.05, 3.63) is 156 Å². The molecule has 0 bridgehead atoms. The highest BCUT2D eigenvalue weighted by molar-refractivity contribution is 6.16. The summed E-state index contributed by atoms with van der Waals surface area (Å²) in [5.74, 6) is 1.65. The fraction of sp³-hybridized carbons (Fsp3) is 0.163. The van der Waals surface area contributed by atoms with Crippen LogP contribution in [0.3, 0.4) is 0 Å². The van der Waals surface area contributed by atoms with Crippen LogP contribution < -0.4 is 0 Å². The van der Waals surface area contributed by atoms with Crippen LogP contribution in [0.4, 0.5) is 0 Å². The molecule has 2 aromatic carbocycles. The molecule has 9 heteroatoms. The number of aromatic nitrogens is 7. The lowest BCUT2D eigenvalue weighted by molar-refractivity contribution is 0.772. The summed E-state index contributed by atoms with van der Waals surface area (Å²) < 4.78 is 1.83. The monoisotopic (exact) mass is 675 g/mol. The molecule has 1 aliphatic carbocycles. The van der Waals surface area contributed by atoms with Gasteiger partial charge >= 0.3 is 0 Å². The minimum absolute atomic E-state index is 0.0162. The summed E-state index contributed by atoms with van der Waals surface area (Å²) in [5, 5.41) is 8.07. The molecule has 2 aliphatic rings. The largest absolute Gasteiger partial charge is 0.261 e. The Morgan fingerprint density at radius 2 is 1.46 bits per heavy atom. The molecule has 0 saturated carbocycles. The lowest BCUT2D eigenvalue weighted by Crippen LogP contribution is -2.20. The first-order valence-electron chi connectivity index (χ1n) is 17.9. The number of fused-ring (bicyclic) bond motifs is 8. The summed E-state index contributed by atoms with van der Waals surface area (Å²) in [6.07, 6.45) is 12.8. The van der Waals surface area contributed by atoms with Crippen molar-refractivity contribution < 1.29 is 0 Å². The molecule has 0 spiro atoms. The second-order valence-corrected chi connectivity index (χ2v) is 13.4. The van der Waals surface area contributed by atoms with E-state index in [2.05, 4.69) is 66.7 Å². The van der Waals surface area contributed by atoms with E-state index in [1.165, 1.54) is 0 Å². The molecule has 250 valence electrons. The topological polar surface area (TPSA) is 106 Å². The molecule has 0 amide bonds. The fourth-order valence-corrected chi connectivity index (χ4v) is 7.42. The van der Waals surface area contributed by atoms with Gasteiger partial charge in [0.05, 0.1) is 28.5 Å². The van der Waals surface area contributed by atoms with Gasteiger partial charge in [0.2, 0.25) is 0 Å². The maximum absolute atomic E-state index is 5.13. The highest BCUT2D eigenvalue weighted by atomic mass is 15.3. The third-order valence-corrected chi connectivity index (χ3v) is 10.0. The van der Waals surface area contributed by atoms with Crippen molar-refractivity contribution in [2.75, 3.05) is 0 Å². The summed E-state index contributed by atoms with van der Waals surface area (Å²) in [5.41, 5.74) is 10.7. The molecule has 7 heterocycles. The van der Waals surface area contributed by atoms with Crippen molar-refractivity contribution in [3.8, 4) is 0 Å². The van der Waals surface area contributed by atoms with Gasteiger partial charge in [-0.05, 0) is 74.2 Å². The zero-order chi connectivity index (χ0) is 34.4. The van der Waals surface area contributed by atoms with Crippen molar-refractivity contribution in [1.82, 2.24) is 34.5 Å². The standard InChI is InChI=1S/C43H33N9/c1-3-11-35-27(7-1)14-16-31(46-35)18-20-38-48-37-13-5-9-33(41-34(42(37)49-38)10-6-23-44-41)30-25-29-22-24-52-43(40(29)45-26-30)50-39(51-52)21-19-32-17-15-28-8-2-4-12-36(28)47-32/h1-4,6-12,14-17,22-26,37H,5,13,18-21H2. The van der Waals surface area contributed by atoms with Gasteiger partial charge in [0, 0.05) is 75.7 Å². The van der Waals surface area contributed by atoms with E-state index in [-0.39, 0.29) is 6.04 Å². The Kier molecular flexibility index (Phi) is 7.41.